The fourth-order valence-corrected chi connectivity index (χ4v) is 5.09. The van der Waals surface area contributed by atoms with Crippen molar-refractivity contribution in [3.05, 3.63) is 49.8 Å². The van der Waals surface area contributed by atoms with Crippen molar-refractivity contribution < 1.29 is 4.74 Å². The Kier molecular flexibility index (Phi) is 9.72. The quantitative estimate of drug-likeness (QED) is 0.525. The predicted molar refractivity (Wildman–Crippen MR) is 132 cm³/mol. The van der Waals surface area contributed by atoms with E-state index in [-0.39, 0.29) is 16.6 Å². The fourth-order valence-electron chi connectivity index (χ4n) is 3.57. The van der Waals surface area contributed by atoms with Gasteiger partial charge in [0.1, 0.15) is 5.02 Å². The van der Waals surface area contributed by atoms with Crippen LogP contribution in [0, 0.1) is 6.92 Å². The van der Waals surface area contributed by atoms with Crippen LogP contribution in [0.1, 0.15) is 43.7 Å². The number of anilines is 1. The fraction of sp³-hybridized carbons (Fsp3) is 0.545. The zero-order valence-corrected chi connectivity index (χ0v) is 21.2. The number of ether oxygens (including phenoxy) is 1. The third kappa shape index (κ3) is 6.96. The van der Waals surface area contributed by atoms with Gasteiger partial charge < -0.3 is 10.1 Å². The monoisotopic (exact) mass is 528 g/mol. The molecule has 2 fully saturated rings. The van der Waals surface area contributed by atoms with Crippen LogP contribution in [-0.2, 0) is 4.74 Å². The largest absolute Gasteiger partial charge is 0.385 e. The Morgan fingerprint density at radius 3 is 2.48 bits per heavy atom. The van der Waals surface area contributed by atoms with Crippen molar-refractivity contribution in [2.75, 3.05) is 38.7 Å². The Morgan fingerprint density at radius 1 is 1.23 bits per heavy atom. The molecule has 170 valence electrons. The van der Waals surface area contributed by atoms with E-state index in [0.717, 1.165) is 43.6 Å². The van der Waals surface area contributed by atoms with Crippen LogP contribution >= 0.6 is 39.5 Å². The van der Waals surface area contributed by atoms with Crippen LogP contribution in [0.25, 0.3) is 0 Å². The molecule has 2 saturated heterocycles. The van der Waals surface area contributed by atoms with Gasteiger partial charge in [-0.25, -0.2) is 8.99 Å². The molecule has 3 heterocycles. The zero-order chi connectivity index (χ0) is 22.2. The second-order valence-corrected chi connectivity index (χ2v) is 10.1. The van der Waals surface area contributed by atoms with Crippen molar-refractivity contribution in [3.8, 4) is 0 Å². The van der Waals surface area contributed by atoms with E-state index in [4.69, 9.17) is 16.3 Å². The minimum atomic E-state index is -0.219. The third-order valence-corrected chi connectivity index (χ3v) is 7.77. The van der Waals surface area contributed by atoms with Gasteiger partial charge >= 0.3 is 0 Å². The topological polar surface area (TPSA) is 59.4 Å². The summed E-state index contributed by atoms with van der Waals surface area (Å²) in [6.07, 6.45) is 7.31. The minimum Gasteiger partial charge on any atom is -0.385 e. The second-order valence-electron chi connectivity index (χ2n) is 7.71. The molecule has 6 nitrogen and oxygen atoms in total. The van der Waals surface area contributed by atoms with Crippen molar-refractivity contribution in [1.82, 2.24) is 14.1 Å². The number of hydrogen-bond acceptors (Lipinski definition) is 6. The summed E-state index contributed by atoms with van der Waals surface area (Å²) in [7, 11) is 1.73. The first-order valence-electron chi connectivity index (χ1n) is 10.7. The number of hydrogen-bond donors (Lipinski definition) is 1. The Hall–Kier alpha value is -1.06. The van der Waals surface area contributed by atoms with Crippen molar-refractivity contribution in [2.24, 2.45) is 0 Å². The summed E-state index contributed by atoms with van der Waals surface area (Å²) in [6.45, 7) is 5.91. The molecule has 0 bridgehead atoms. The molecule has 2 aliphatic heterocycles. The van der Waals surface area contributed by atoms with Gasteiger partial charge in [-0.15, -0.1) is 0 Å². The van der Waals surface area contributed by atoms with E-state index >= 15 is 0 Å². The minimum absolute atomic E-state index is 0.0967. The molecule has 2 aromatic rings. The van der Waals surface area contributed by atoms with Crippen LogP contribution in [-0.4, -0.2) is 47.4 Å². The van der Waals surface area contributed by atoms with Crippen LogP contribution in [0.5, 0.6) is 0 Å². The smallest absolute Gasteiger partial charge is 0.287 e. The summed E-state index contributed by atoms with van der Waals surface area (Å²) >= 11 is 11.4. The van der Waals surface area contributed by atoms with Gasteiger partial charge in [-0.05, 0) is 74.7 Å². The maximum Gasteiger partial charge on any atom is 0.287 e. The Balaban J connectivity index is 0.000000391. The zero-order valence-electron chi connectivity index (χ0n) is 18.1. The molecule has 1 aromatic carbocycles. The van der Waals surface area contributed by atoms with Gasteiger partial charge in [0.15, 0.2) is 0 Å². The molecule has 0 unspecified atom stereocenters. The summed E-state index contributed by atoms with van der Waals surface area (Å²) in [4.78, 5) is 13.6. The van der Waals surface area contributed by atoms with E-state index < -0.39 is 0 Å². The van der Waals surface area contributed by atoms with Gasteiger partial charge in [0.25, 0.3) is 5.56 Å². The highest BCUT2D eigenvalue weighted by Gasteiger charge is 2.24. The van der Waals surface area contributed by atoms with Gasteiger partial charge in [-0.1, -0.05) is 27.5 Å². The van der Waals surface area contributed by atoms with Crippen LogP contribution in [0.3, 0.4) is 0 Å². The van der Waals surface area contributed by atoms with E-state index in [1.165, 1.54) is 34.4 Å². The number of halogens is 2. The predicted octanol–water partition coefficient (Wildman–Crippen LogP) is 5.54. The lowest BCUT2D eigenvalue weighted by Crippen LogP contribution is -2.36. The first-order valence-corrected chi connectivity index (χ1v) is 12.7. The molecule has 0 radical (unpaired) electrons. The van der Waals surface area contributed by atoms with Gasteiger partial charge in [0.2, 0.25) is 0 Å². The van der Waals surface area contributed by atoms with E-state index in [0.29, 0.717) is 5.69 Å². The number of aromatic nitrogens is 2. The van der Waals surface area contributed by atoms with Gasteiger partial charge in [0.05, 0.1) is 17.9 Å². The highest BCUT2D eigenvalue weighted by atomic mass is 79.9. The van der Waals surface area contributed by atoms with Crippen molar-refractivity contribution in [3.63, 3.8) is 0 Å². The molecule has 1 N–H and O–H groups in total. The Morgan fingerprint density at radius 2 is 1.94 bits per heavy atom. The normalized spacial score (nSPS) is 17.7. The average Bonchev–Trinajstić information content (AvgIpc) is 2.80. The maximum atomic E-state index is 12.4. The Labute approximate surface area is 201 Å². The summed E-state index contributed by atoms with van der Waals surface area (Å²) < 4.78 is 10.1. The Bertz CT molecular complexity index is 903. The lowest BCUT2D eigenvalue weighted by Gasteiger charge is -2.31. The molecule has 0 amide bonds. The van der Waals surface area contributed by atoms with Crippen molar-refractivity contribution in [1.29, 1.82) is 0 Å². The number of benzene rings is 1. The van der Waals surface area contributed by atoms with E-state index in [9.17, 15) is 4.79 Å². The summed E-state index contributed by atoms with van der Waals surface area (Å²) in [5, 5.41) is 7.38. The molecular weight excluding hydrogens is 500 g/mol. The molecule has 0 spiro atoms. The van der Waals surface area contributed by atoms with Crippen molar-refractivity contribution >= 4 is 45.2 Å². The van der Waals surface area contributed by atoms with E-state index in [2.05, 4.69) is 55.8 Å². The molecule has 1 aromatic heterocycles. The molecule has 0 aliphatic carbocycles. The number of aryl methyl sites for hydroxylation is 1. The number of piperidine rings is 1. The number of nitrogens with zero attached hydrogens (tertiary/aromatic N) is 3. The summed E-state index contributed by atoms with van der Waals surface area (Å²) in [5.41, 5.74) is 1.58. The molecule has 4 rings (SSSR count). The first kappa shape index (κ1) is 24.6. The van der Waals surface area contributed by atoms with Crippen LogP contribution in [0.2, 0.25) is 5.02 Å². The van der Waals surface area contributed by atoms with Crippen LogP contribution in [0.4, 0.5) is 5.69 Å². The van der Waals surface area contributed by atoms with Gasteiger partial charge in [-0.3, -0.25) is 4.79 Å². The average molecular weight is 530 g/mol. The molecule has 0 saturated carbocycles. The standard InChI is InChI=1S/C17H20BrClN4OS.C5H10O/c1-11-9-13(3-4-14(11)18)25-22-7-5-12(6-8-22)23-17(24)16(19)15(20-2)10-21-23;1-2-4-6-5-3-1/h3-4,9-10,12,20H,5-8H2,1-2H3;1-5H2. The summed E-state index contributed by atoms with van der Waals surface area (Å²) in [5.74, 6) is 0. The number of nitrogens with one attached hydrogen (secondary N) is 1. The van der Waals surface area contributed by atoms with Crippen LogP contribution in [0.15, 0.2) is 38.6 Å². The van der Waals surface area contributed by atoms with Gasteiger partial charge in [0, 0.05) is 42.7 Å². The number of rotatable bonds is 4. The second kappa shape index (κ2) is 12.3. The molecule has 2 aliphatic rings. The molecule has 0 atom stereocenters. The third-order valence-electron chi connectivity index (χ3n) is 5.42. The molecular formula is C22H30BrClN4O2S. The maximum absolute atomic E-state index is 12.4. The lowest BCUT2D eigenvalue weighted by atomic mass is 10.1. The van der Waals surface area contributed by atoms with Gasteiger partial charge in [-0.2, -0.15) is 5.10 Å². The van der Waals surface area contributed by atoms with E-state index in [1.54, 1.807) is 25.2 Å². The van der Waals surface area contributed by atoms with Crippen LogP contribution < -0.4 is 10.9 Å². The van der Waals surface area contributed by atoms with E-state index in [1.807, 2.05) is 0 Å². The van der Waals surface area contributed by atoms with Crippen molar-refractivity contribution in [2.45, 2.75) is 50.0 Å². The SMILES string of the molecule is C1CCOCC1.CNc1cnn(C2CCN(Sc3ccc(Br)c(C)c3)CC2)c(=O)c1Cl. The first-order chi connectivity index (χ1) is 15.0. The lowest BCUT2D eigenvalue weighted by molar-refractivity contribution is 0.0968. The molecule has 31 heavy (non-hydrogen) atoms. The highest BCUT2D eigenvalue weighted by molar-refractivity contribution is 9.10. The summed E-state index contributed by atoms with van der Waals surface area (Å²) in [6, 6.07) is 6.48. The highest BCUT2D eigenvalue weighted by Crippen LogP contribution is 2.31. The molecule has 9 heteroatoms.